The Labute approximate surface area is 123 Å². The molecule has 0 radical (unpaired) electrons. The molecule has 1 aromatic heterocycles. The van der Waals surface area contributed by atoms with Crippen molar-refractivity contribution in [1.82, 2.24) is 9.88 Å². The summed E-state index contributed by atoms with van der Waals surface area (Å²) in [5.41, 5.74) is 0. The van der Waals surface area contributed by atoms with Crippen LogP contribution in [0, 0.1) is 5.92 Å². The summed E-state index contributed by atoms with van der Waals surface area (Å²) < 4.78 is 36.8. The van der Waals surface area contributed by atoms with Gasteiger partial charge < -0.3 is 10.2 Å². The Morgan fingerprint density at radius 3 is 2.76 bits per heavy atom. The van der Waals surface area contributed by atoms with Crippen molar-refractivity contribution in [2.24, 2.45) is 5.92 Å². The molecule has 5 nitrogen and oxygen atoms in total. The third-order valence-corrected chi connectivity index (χ3v) is 3.16. The van der Waals surface area contributed by atoms with Gasteiger partial charge >= 0.3 is 6.18 Å². The molecule has 1 N–H and O–H groups in total. The number of amides is 2. The molecule has 0 saturated carbocycles. The van der Waals surface area contributed by atoms with Crippen molar-refractivity contribution in [3.05, 3.63) is 23.4 Å². The fraction of sp³-hybridized carbons (Fsp3) is 0.417. The van der Waals surface area contributed by atoms with Gasteiger partial charge in [-0.2, -0.15) is 13.2 Å². The second kappa shape index (κ2) is 5.88. The highest BCUT2D eigenvalue weighted by Gasteiger charge is 2.40. The number of pyridine rings is 1. The molecule has 9 heteroatoms. The van der Waals surface area contributed by atoms with Crippen molar-refractivity contribution in [3.8, 4) is 0 Å². The van der Waals surface area contributed by atoms with E-state index in [0.717, 1.165) is 0 Å². The zero-order valence-corrected chi connectivity index (χ0v) is 11.4. The van der Waals surface area contributed by atoms with E-state index < -0.39 is 30.5 Å². The minimum absolute atomic E-state index is 0.228. The molecule has 1 aliphatic rings. The summed E-state index contributed by atoms with van der Waals surface area (Å²) in [6.45, 7) is -1.59. The van der Waals surface area contributed by atoms with Gasteiger partial charge in [-0.3, -0.25) is 9.59 Å². The molecule has 1 fully saturated rings. The third kappa shape index (κ3) is 4.32. The largest absolute Gasteiger partial charge is 0.406 e. The molecule has 2 rings (SSSR count). The van der Waals surface area contributed by atoms with Gasteiger partial charge in [0, 0.05) is 19.2 Å². The molecular weight excluding hydrogens is 311 g/mol. The van der Waals surface area contributed by atoms with Crippen molar-refractivity contribution in [3.63, 3.8) is 0 Å². The van der Waals surface area contributed by atoms with E-state index in [2.05, 4.69) is 10.3 Å². The number of rotatable bonds is 3. The zero-order valence-electron chi connectivity index (χ0n) is 10.7. The lowest BCUT2D eigenvalue weighted by atomic mass is 10.1. The van der Waals surface area contributed by atoms with Crippen LogP contribution in [0.2, 0.25) is 5.02 Å². The number of hydrogen-bond acceptors (Lipinski definition) is 3. The third-order valence-electron chi connectivity index (χ3n) is 2.93. The van der Waals surface area contributed by atoms with Crippen molar-refractivity contribution in [2.75, 3.05) is 18.4 Å². The average molecular weight is 322 g/mol. The summed E-state index contributed by atoms with van der Waals surface area (Å²) in [6, 6.07) is 2.98. The van der Waals surface area contributed by atoms with Crippen LogP contribution < -0.4 is 5.32 Å². The van der Waals surface area contributed by atoms with Crippen LogP contribution in [0.5, 0.6) is 0 Å². The van der Waals surface area contributed by atoms with E-state index in [-0.39, 0.29) is 18.8 Å². The first-order chi connectivity index (χ1) is 9.74. The standard InChI is InChI=1S/C12H11ClF3N3O2/c13-8-1-2-9(17-4-8)18-11(21)7-3-10(20)19(5-7)6-12(14,15)16/h1-2,4,7H,3,5-6H2,(H,17,18,21). The maximum Gasteiger partial charge on any atom is 0.406 e. The summed E-state index contributed by atoms with van der Waals surface area (Å²) in [4.78, 5) is 27.9. The van der Waals surface area contributed by atoms with E-state index in [1.165, 1.54) is 18.3 Å². The molecule has 0 aliphatic carbocycles. The molecular formula is C12H11ClF3N3O2. The van der Waals surface area contributed by atoms with Crippen molar-refractivity contribution in [2.45, 2.75) is 12.6 Å². The van der Waals surface area contributed by atoms with Gasteiger partial charge in [-0.05, 0) is 12.1 Å². The maximum absolute atomic E-state index is 12.3. The van der Waals surface area contributed by atoms with Gasteiger partial charge in [0.15, 0.2) is 0 Å². The molecule has 1 aliphatic heterocycles. The van der Waals surface area contributed by atoms with E-state index >= 15 is 0 Å². The number of nitrogens with zero attached hydrogens (tertiary/aromatic N) is 2. The number of carbonyl (C=O) groups is 2. The van der Waals surface area contributed by atoms with Crippen LogP contribution in [0.1, 0.15) is 6.42 Å². The van der Waals surface area contributed by atoms with Gasteiger partial charge in [0.2, 0.25) is 11.8 Å². The number of halogens is 4. The molecule has 0 bridgehead atoms. The fourth-order valence-electron chi connectivity index (χ4n) is 2.00. The van der Waals surface area contributed by atoms with E-state index in [9.17, 15) is 22.8 Å². The molecule has 114 valence electrons. The van der Waals surface area contributed by atoms with Crippen LogP contribution in [0.25, 0.3) is 0 Å². The second-order valence-electron chi connectivity index (χ2n) is 4.64. The number of aromatic nitrogens is 1. The first-order valence-electron chi connectivity index (χ1n) is 6.01. The molecule has 21 heavy (non-hydrogen) atoms. The Bertz CT molecular complexity index is 548. The van der Waals surface area contributed by atoms with E-state index in [0.29, 0.717) is 9.92 Å². The van der Waals surface area contributed by atoms with Crippen LogP contribution in [-0.4, -0.2) is 41.0 Å². The molecule has 1 atom stereocenters. The fourth-order valence-corrected chi connectivity index (χ4v) is 2.11. The SMILES string of the molecule is O=C(Nc1ccc(Cl)cn1)C1CC(=O)N(CC(F)(F)F)C1. The van der Waals surface area contributed by atoms with Gasteiger partial charge in [-0.25, -0.2) is 4.98 Å². The maximum atomic E-state index is 12.3. The van der Waals surface area contributed by atoms with E-state index in [4.69, 9.17) is 11.6 Å². The number of anilines is 1. The summed E-state index contributed by atoms with van der Waals surface area (Å²) in [5.74, 6) is -1.82. The van der Waals surface area contributed by atoms with Crippen molar-refractivity contribution >= 4 is 29.2 Å². The lowest BCUT2D eigenvalue weighted by molar-refractivity contribution is -0.157. The van der Waals surface area contributed by atoms with Gasteiger partial charge in [-0.1, -0.05) is 11.6 Å². The van der Waals surface area contributed by atoms with Gasteiger partial charge in [0.05, 0.1) is 10.9 Å². The van der Waals surface area contributed by atoms with Crippen LogP contribution in [0.3, 0.4) is 0 Å². The highest BCUT2D eigenvalue weighted by Crippen LogP contribution is 2.24. The molecule has 0 aromatic carbocycles. The highest BCUT2D eigenvalue weighted by molar-refractivity contribution is 6.30. The molecule has 1 aromatic rings. The summed E-state index contributed by atoms with van der Waals surface area (Å²) in [5, 5.41) is 2.84. The topological polar surface area (TPSA) is 62.3 Å². The Balaban J connectivity index is 1.95. The summed E-state index contributed by atoms with van der Waals surface area (Å²) in [7, 11) is 0. The molecule has 2 heterocycles. The molecule has 2 amide bonds. The van der Waals surface area contributed by atoms with Crippen LogP contribution in [-0.2, 0) is 9.59 Å². The lowest BCUT2D eigenvalue weighted by Crippen LogP contribution is -2.36. The van der Waals surface area contributed by atoms with E-state index in [1.807, 2.05) is 0 Å². The summed E-state index contributed by atoms with van der Waals surface area (Å²) >= 11 is 5.64. The van der Waals surface area contributed by atoms with Gasteiger partial charge in [0.1, 0.15) is 12.4 Å². The predicted molar refractivity (Wildman–Crippen MR) is 68.6 cm³/mol. The molecule has 1 unspecified atom stereocenters. The first-order valence-corrected chi connectivity index (χ1v) is 6.39. The zero-order chi connectivity index (χ0) is 15.6. The van der Waals surface area contributed by atoms with Gasteiger partial charge in [0.25, 0.3) is 0 Å². The van der Waals surface area contributed by atoms with E-state index in [1.54, 1.807) is 0 Å². The van der Waals surface area contributed by atoms with Crippen LogP contribution in [0.15, 0.2) is 18.3 Å². The highest BCUT2D eigenvalue weighted by atomic mass is 35.5. The Hall–Kier alpha value is -1.83. The summed E-state index contributed by atoms with van der Waals surface area (Å²) in [6.07, 6.45) is -3.39. The van der Waals surface area contributed by atoms with Crippen LogP contribution >= 0.6 is 11.6 Å². The monoisotopic (exact) mass is 321 g/mol. The molecule has 0 spiro atoms. The molecule has 1 saturated heterocycles. The smallest absolute Gasteiger partial charge is 0.333 e. The Kier molecular flexibility index (Phi) is 4.36. The number of alkyl halides is 3. The van der Waals surface area contributed by atoms with Crippen LogP contribution in [0.4, 0.5) is 19.0 Å². The minimum atomic E-state index is -4.47. The lowest BCUT2D eigenvalue weighted by Gasteiger charge is -2.18. The first kappa shape index (κ1) is 15.6. The quantitative estimate of drug-likeness (QED) is 0.927. The second-order valence-corrected chi connectivity index (χ2v) is 5.08. The van der Waals surface area contributed by atoms with Gasteiger partial charge in [-0.15, -0.1) is 0 Å². The number of nitrogens with one attached hydrogen (secondary N) is 1. The Morgan fingerprint density at radius 2 is 2.19 bits per heavy atom. The number of carbonyl (C=O) groups excluding carboxylic acids is 2. The van der Waals surface area contributed by atoms with Crippen molar-refractivity contribution in [1.29, 1.82) is 0 Å². The Morgan fingerprint density at radius 1 is 1.48 bits per heavy atom. The number of likely N-dealkylation sites (tertiary alicyclic amines) is 1. The normalized spacial score (nSPS) is 19.0. The average Bonchev–Trinajstić information content (AvgIpc) is 2.72. The minimum Gasteiger partial charge on any atom is -0.333 e. The number of hydrogen-bond donors (Lipinski definition) is 1. The predicted octanol–water partition coefficient (Wildman–Crippen LogP) is 2.08. The van der Waals surface area contributed by atoms with Crippen molar-refractivity contribution < 1.29 is 22.8 Å².